The Labute approximate surface area is 121 Å². The van der Waals surface area contributed by atoms with Gasteiger partial charge in [0.05, 0.1) is 19.1 Å². The molecule has 6 nitrogen and oxygen atoms in total. The fourth-order valence-electron chi connectivity index (χ4n) is 2.29. The van der Waals surface area contributed by atoms with Crippen LogP contribution < -0.4 is 11.1 Å². The number of morpholine rings is 1. The van der Waals surface area contributed by atoms with E-state index in [1.165, 1.54) is 0 Å². The molecule has 20 heavy (non-hydrogen) atoms. The summed E-state index contributed by atoms with van der Waals surface area (Å²) in [5, 5.41) is 2.81. The van der Waals surface area contributed by atoms with Gasteiger partial charge in [-0.05, 0) is 12.3 Å². The van der Waals surface area contributed by atoms with Gasteiger partial charge in [-0.3, -0.25) is 9.59 Å². The van der Waals surface area contributed by atoms with E-state index in [9.17, 15) is 9.59 Å². The number of nitrogens with zero attached hydrogens (tertiary/aromatic N) is 1. The van der Waals surface area contributed by atoms with E-state index >= 15 is 0 Å². The molecule has 0 saturated carbocycles. The van der Waals surface area contributed by atoms with Crippen molar-refractivity contribution in [3.63, 3.8) is 0 Å². The van der Waals surface area contributed by atoms with Crippen LogP contribution in [0, 0.1) is 11.8 Å². The number of amides is 2. The smallest absolute Gasteiger partial charge is 0.224 e. The molecule has 116 valence electrons. The van der Waals surface area contributed by atoms with Gasteiger partial charge in [-0.1, -0.05) is 13.8 Å². The van der Waals surface area contributed by atoms with Gasteiger partial charge in [-0.15, -0.1) is 0 Å². The van der Waals surface area contributed by atoms with Crippen molar-refractivity contribution >= 4 is 11.8 Å². The average molecular weight is 285 g/mol. The minimum atomic E-state index is -0.159. The lowest BCUT2D eigenvalue weighted by molar-refractivity contribution is -0.135. The van der Waals surface area contributed by atoms with Gasteiger partial charge >= 0.3 is 0 Å². The number of nitrogens with one attached hydrogen (secondary N) is 1. The molecule has 6 heteroatoms. The molecule has 0 aromatic carbocycles. The molecule has 1 atom stereocenters. The number of carbonyl (C=O) groups excluding carboxylic acids is 2. The summed E-state index contributed by atoms with van der Waals surface area (Å²) in [6.45, 7) is 7.35. The highest BCUT2D eigenvalue weighted by Gasteiger charge is 2.19. The summed E-state index contributed by atoms with van der Waals surface area (Å²) in [7, 11) is 0. The predicted octanol–water partition coefficient (Wildman–Crippen LogP) is -0.0275. The zero-order chi connectivity index (χ0) is 15.0. The number of rotatable bonds is 7. The minimum Gasteiger partial charge on any atom is -0.378 e. The number of hydrogen-bond acceptors (Lipinski definition) is 4. The SMILES string of the molecule is CC(C)CC(CN)C(=O)NCCC(=O)N1CCOCC1. The molecule has 1 aliphatic rings. The molecule has 0 aliphatic carbocycles. The highest BCUT2D eigenvalue weighted by Crippen LogP contribution is 2.10. The van der Waals surface area contributed by atoms with Crippen molar-refractivity contribution in [2.75, 3.05) is 39.4 Å². The van der Waals surface area contributed by atoms with Gasteiger partial charge in [0.1, 0.15) is 0 Å². The molecule has 0 aromatic heterocycles. The van der Waals surface area contributed by atoms with Crippen molar-refractivity contribution in [3.05, 3.63) is 0 Å². The van der Waals surface area contributed by atoms with Gasteiger partial charge < -0.3 is 20.7 Å². The summed E-state index contributed by atoms with van der Waals surface area (Å²) in [5.41, 5.74) is 5.62. The van der Waals surface area contributed by atoms with E-state index in [-0.39, 0.29) is 17.7 Å². The quantitative estimate of drug-likeness (QED) is 0.688. The van der Waals surface area contributed by atoms with Crippen LogP contribution >= 0.6 is 0 Å². The second kappa shape index (κ2) is 8.92. The summed E-state index contributed by atoms with van der Waals surface area (Å²) in [6, 6.07) is 0. The highest BCUT2D eigenvalue weighted by atomic mass is 16.5. The first kappa shape index (κ1) is 16.9. The number of carbonyl (C=O) groups is 2. The maximum Gasteiger partial charge on any atom is 0.224 e. The second-order valence-electron chi connectivity index (χ2n) is 5.60. The topological polar surface area (TPSA) is 84.7 Å². The van der Waals surface area contributed by atoms with Gasteiger partial charge in [-0.25, -0.2) is 0 Å². The average Bonchev–Trinajstić information content (AvgIpc) is 2.45. The maximum atomic E-state index is 11.9. The Balaban J connectivity index is 2.24. The summed E-state index contributed by atoms with van der Waals surface area (Å²) in [6.07, 6.45) is 1.12. The number of nitrogens with two attached hydrogens (primary N) is 1. The van der Waals surface area contributed by atoms with Crippen LogP contribution in [0.1, 0.15) is 26.7 Å². The van der Waals surface area contributed by atoms with E-state index in [0.29, 0.717) is 51.7 Å². The van der Waals surface area contributed by atoms with Crippen molar-refractivity contribution in [1.82, 2.24) is 10.2 Å². The molecule has 1 aliphatic heterocycles. The van der Waals surface area contributed by atoms with Gasteiger partial charge in [0, 0.05) is 32.6 Å². The molecule has 0 radical (unpaired) electrons. The highest BCUT2D eigenvalue weighted by molar-refractivity contribution is 5.80. The monoisotopic (exact) mass is 285 g/mol. The van der Waals surface area contributed by atoms with Gasteiger partial charge in [0.2, 0.25) is 11.8 Å². The van der Waals surface area contributed by atoms with Crippen LogP contribution in [0.15, 0.2) is 0 Å². The van der Waals surface area contributed by atoms with E-state index in [4.69, 9.17) is 10.5 Å². The fourth-order valence-corrected chi connectivity index (χ4v) is 2.29. The fraction of sp³-hybridized carbons (Fsp3) is 0.857. The largest absolute Gasteiger partial charge is 0.378 e. The van der Waals surface area contributed by atoms with Crippen LogP contribution in [0.4, 0.5) is 0 Å². The zero-order valence-corrected chi connectivity index (χ0v) is 12.6. The third-order valence-electron chi connectivity index (χ3n) is 3.41. The van der Waals surface area contributed by atoms with E-state index in [1.54, 1.807) is 4.90 Å². The van der Waals surface area contributed by atoms with E-state index in [1.807, 2.05) is 0 Å². The van der Waals surface area contributed by atoms with Gasteiger partial charge in [0.15, 0.2) is 0 Å². The predicted molar refractivity (Wildman–Crippen MR) is 77.0 cm³/mol. The lowest BCUT2D eigenvalue weighted by atomic mass is 9.96. The molecule has 0 spiro atoms. The zero-order valence-electron chi connectivity index (χ0n) is 12.6. The lowest BCUT2D eigenvalue weighted by Gasteiger charge is -2.27. The third-order valence-corrected chi connectivity index (χ3v) is 3.41. The summed E-state index contributed by atoms with van der Waals surface area (Å²) >= 11 is 0. The van der Waals surface area contributed by atoms with Crippen LogP contribution in [0.5, 0.6) is 0 Å². The number of ether oxygens (including phenoxy) is 1. The summed E-state index contributed by atoms with van der Waals surface area (Å²) < 4.78 is 5.20. The molecule has 0 aromatic rings. The first-order chi connectivity index (χ1) is 9.54. The molecule has 1 saturated heterocycles. The Morgan fingerprint density at radius 2 is 1.95 bits per heavy atom. The summed E-state index contributed by atoms with van der Waals surface area (Å²) in [5.74, 6) is 0.301. The first-order valence-corrected chi connectivity index (χ1v) is 7.38. The Hall–Kier alpha value is -1.14. The molecule has 3 N–H and O–H groups in total. The number of hydrogen-bond donors (Lipinski definition) is 2. The normalized spacial score (nSPS) is 17.1. The van der Waals surface area contributed by atoms with E-state index in [2.05, 4.69) is 19.2 Å². The molecule has 1 heterocycles. The second-order valence-corrected chi connectivity index (χ2v) is 5.60. The first-order valence-electron chi connectivity index (χ1n) is 7.38. The Kier molecular flexibility index (Phi) is 7.54. The molecule has 1 unspecified atom stereocenters. The van der Waals surface area contributed by atoms with Crippen molar-refractivity contribution in [1.29, 1.82) is 0 Å². The van der Waals surface area contributed by atoms with E-state index in [0.717, 1.165) is 6.42 Å². The Morgan fingerprint density at radius 3 is 2.50 bits per heavy atom. The molecule has 1 rings (SSSR count). The Bertz CT molecular complexity index is 315. The Morgan fingerprint density at radius 1 is 1.30 bits per heavy atom. The maximum absolute atomic E-state index is 11.9. The van der Waals surface area contributed by atoms with Crippen LogP contribution in [-0.4, -0.2) is 56.1 Å². The third kappa shape index (κ3) is 5.88. The lowest BCUT2D eigenvalue weighted by Crippen LogP contribution is -2.42. The van der Waals surface area contributed by atoms with Crippen LogP contribution in [0.2, 0.25) is 0 Å². The standard InChI is InChI=1S/C14H27N3O3/c1-11(2)9-12(10-15)14(19)16-4-3-13(18)17-5-7-20-8-6-17/h11-12H,3-10,15H2,1-2H3,(H,16,19). The van der Waals surface area contributed by atoms with E-state index < -0.39 is 0 Å². The van der Waals surface area contributed by atoms with Crippen molar-refractivity contribution < 1.29 is 14.3 Å². The van der Waals surface area contributed by atoms with Crippen molar-refractivity contribution in [2.24, 2.45) is 17.6 Å². The molecule has 2 amide bonds. The van der Waals surface area contributed by atoms with Crippen LogP contribution in [-0.2, 0) is 14.3 Å². The minimum absolute atomic E-state index is 0.0454. The van der Waals surface area contributed by atoms with Crippen molar-refractivity contribution in [2.45, 2.75) is 26.7 Å². The molecule has 0 bridgehead atoms. The molecule has 1 fully saturated rings. The van der Waals surface area contributed by atoms with Gasteiger partial charge in [-0.2, -0.15) is 0 Å². The van der Waals surface area contributed by atoms with Crippen molar-refractivity contribution in [3.8, 4) is 0 Å². The molecular formula is C14H27N3O3. The van der Waals surface area contributed by atoms with Crippen LogP contribution in [0.3, 0.4) is 0 Å². The summed E-state index contributed by atoms with van der Waals surface area (Å²) in [4.78, 5) is 25.6. The van der Waals surface area contributed by atoms with Gasteiger partial charge in [0.25, 0.3) is 0 Å². The molecular weight excluding hydrogens is 258 g/mol. The van der Waals surface area contributed by atoms with Crippen LogP contribution in [0.25, 0.3) is 0 Å².